The van der Waals surface area contributed by atoms with Crippen LogP contribution in [0, 0.1) is 6.92 Å². The third-order valence-electron chi connectivity index (χ3n) is 4.30. The summed E-state index contributed by atoms with van der Waals surface area (Å²) in [6, 6.07) is 7.25. The number of aryl methyl sites for hydroxylation is 1. The van der Waals surface area contributed by atoms with Crippen molar-refractivity contribution in [2.45, 2.75) is 19.4 Å². The second kappa shape index (κ2) is 8.61. The number of aromatic nitrogens is 4. The molecule has 1 atom stereocenters. The summed E-state index contributed by atoms with van der Waals surface area (Å²) in [5, 5.41) is 20.4. The molecule has 2 heterocycles. The third-order valence-corrected chi connectivity index (χ3v) is 4.30. The Kier molecular flexibility index (Phi) is 5.99. The van der Waals surface area contributed by atoms with Crippen molar-refractivity contribution in [2.24, 2.45) is 0 Å². The minimum atomic E-state index is -0.970. The van der Waals surface area contributed by atoms with Crippen LogP contribution in [0.25, 0.3) is 11.8 Å². The molecule has 0 saturated carbocycles. The van der Waals surface area contributed by atoms with Crippen LogP contribution in [0.2, 0.25) is 0 Å². The van der Waals surface area contributed by atoms with Crippen LogP contribution in [0.5, 0.6) is 5.75 Å². The number of methoxy groups -OCH3 is 1. The van der Waals surface area contributed by atoms with Gasteiger partial charge in [-0.1, -0.05) is 12.1 Å². The van der Waals surface area contributed by atoms with Crippen LogP contribution in [-0.4, -0.2) is 75.0 Å². The number of tetrazole rings is 1. The van der Waals surface area contributed by atoms with Crippen molar-refractivity contribution < 1.29 is 24.2 Å². The molecule has 1 unspecified atom stereocenters. The molecule has 1 N–H and O–H groups in total. The number of aliphatic carboxylic acids is 1. The summed E-state index contributed by atoms with van der Waals surface area (Å²) in [5.74, 6) is -0.167. The first-order valence-electron chi connectivity index (χ1n) is 8.71. The van der Waals surface area contributed by atoms with Crippen molar-refractivity contribution >= 4 is 23.6 Å². The van der Waals surface area contributed by atoms with Crippen LogP contribution in [0.1, 0.15) is 17.8 Å². The number of ether oxygens (including phenoxy) is 2. The van der Waals surface area contributed by atoms with Gasteiger partial charge in [-0.3, -0.25) is 9.59 Å². The van der Waals surface area contributed by atoms with Crippen molar-refractivity contribution in [3.05, 3.63) is 35.7 Å². The Hall–Kier alpha value is -3.27. The summed E-state index contributed by atoms with van der Waals surface area (Å²) >= 11 is 0. The van der Waals surface area contributed by atoms with Gasteiger partial charge in [-0.15, -0.1) is 5.10 Å². The van der Waals surface area contributed by atoms with E-state index in [1.54, 1.807) is 37.1 Å². The normalized spacial score (nSPS) is 17.4. The fourth-order valence-corrected chi connectivity index (χ4v) is 2.94. The first-order valence-corrected chi connectivity index (χ1v) is 8.71. The summed E-state index contributed by atoms with van der Waals surface area (Å²) in [5.41, 5.74) is 1.000. The van der Waals surface area contributed by atoms with Crippen molar-refractivity contribution in [1.82, 2.24) is 25.1 Å². The lowest BCUT2D eigenvalue weighted by Gasteiger charge is -2.32. The number of amides is 1. The Balaban J connectivity index is 1.93. The molecule has 0 radical (unpaired) electrons. The summed E-state index contributed by atoms with van der Waals surface area (Å²) in [7, 11) is 1.57. The molecular formula is C18H21N5O5. The molecule has 1 aromatic heterocycles. The molecule has 148 valence electrons. The average molecular weight is 387 g/mol. The van der Waals surface area contributed by atoms with Crippen molar-refractivity contribution in [1.29, 1.82) is 0 Å². The number of benzene rings is 1. The Morgan fingerprint density at radius 2 is 2.25 bits per heavy atom. The molecule has 1 aromatic carbocycles. The van der Waals surface area contributed by atoms with Crippen LogP contribution >= 0.6 is 0 Å². The van der Waals surface area contributed by atoms with E-state index in [1.807, 2.05) is 12.1 Å². The van der Waals surface area contributed by atoms with Crippen molar-refractivity contribution in [3.8, 4) is 5.75 Å². The Morgan fingerprint density at radius 1 is 1.43 bits per heavy atom. The fraction of sp³-hybridized carbons (Fsp3) is 0.389. The first-order chi connectivity index (χ1) is 13.5. The maximum absolute atomic E-state index is 13.2. The molecule has 0 spiro atoms. The Labute approximate surface area is 161 Å². The molecule has 0 bridgehead atoms. The quantitative estimate of drug-likeness (QED) is 0.719. The molecule has 1 saturated heterocycles. The number of hydrogen-bond acceptors (Lipinski definition) is 7. The highest BCUT2D eigenvalue weighted by Crippen LogP contribution is 2.20. The zero-order valence-corrected chi connectivity index (χ0v) is 15.6. The zero-order valence-electron chi connectivity index (χ0n) is 15.6. The lowest BCUT2D eigenvalue weighted by Crippen LogP contribution is -2.47. The minimum Gasteiger partial charge on any atom is -0.497 e. The van der Waals surface area contributed by atoms with E-state index in [-0.39, 0.29) is 31.2 Å². The van der Waals surface area contributed by atoms with E-state index in [4.69, 9.17) is 14.6 Å². The molecule has 3 rings (SSSR count). The highest BCUT2D eigenvalue weighted by atomic mass is 16.5. The largest absolute Gasteiger partial charge is 0.497 e. The lowest BCUT2D eigenvalue weighted by atomic mass is 10.1. The van der Waals surface area contributed by atoms with Gasteiger partial charge in [0.25, 0.3) is 5.91 Å². The zero-order chi connectivity index (χ0) is 20.1. The van der Waals surface area contributed by atoms with Gasteiger partial charge in [0.2, 0.25) is 0 Å². The van der Waals surface area contributed by atoms with Gasteiger partial charge in [-0.2, -0.15) is 4.68 Å². The van der Waals surface area contributed by atoms with Gasteiger partial charge in [0.15, 0.2) is 5.82 Å². The number of carboxylic acids is 1. The molecule has 1 aliphatic heterocycles. The molecule has 10 heteroatoms. The van der Waals surface area contributed by atoms with Crippen LogP contribution in [0.4, 0.5) is 0 Å². The molecular weight excluding hydrogens is 366 g/mol. The predicted octanol–water partition coefficient (Wildman–Crippen LogP) is 0.690. The number of carboxylic acid groups (broad SMARTS) is 1. The van der Waals surface area contributed by atoms with Gasteiger partial charge in [-0.25, -0.2) is 0 Å². The van der Waals surface area contributed by atoms with E-state index in [2.05, 4.69) is 15.5 Å². The summed E-state index contributed by atoms with van der Waals surface area (Å²) in [4.78, 5) is 25.8. The Bertz CT molecular complexity index is 894. The van der Waals surface area contributed by atoms with Gasteiger partial charge in [0, 0.05) is 13.1 Å². The summed E-state index contributed by atoms with van der Waals surface area (Å²) in [6.45, 7) is 2.50. The highest BCUT2D eigenvalue weighted by molar-refractivity contribution is 6.18. The maximum Gasteiger partial charge on any atom is 0.306 e. The van der Waals surface area contributed by atoms with Crippen molar-refractivity contribution in [2.75, 3.05) is 26.8 Å². The number of morpholine rings is 1. The predicted molar refractivity (Wildman–Crippen MR) is 98.3 cm³/mol. The minimum absolute atomic E-state index is 0.164. The molecule has 1 amide bonds. The third kappa shape index (κ3) is 4.52. The number of rotatable bonds is 6. The van der Waals surface area contributed by atoms with E-state index in [0.717, 1.165) is 5.56 Å². The maximum atomic E-state index is 13.2. The van der Waals surface area contributed by atoms with Gasteiger partial charge in [-0.05, 0) is 41.1 Å². The second-order valence-electron chi connectivity index (χ2n) is 6.29. The number of hydrogen-bond donors (Lipinski definition) is 1. The monoisotopic (exact) mass is 387 g/mol. The van der Waals surface area contributed by atoms with E-state index < -0.39 is 12.1 Å². The van der Waals surface area contributed by atoms with Crippen LogP contribution in [-0.2, 0) is 14.3 Å². The van der Waals surface area contributed by atoms with Crippen LogP contribution in [0.3, 0.4) is 0 Å². The van der Waals surface area contributed by atoms with Crippen LogP contribution < -0.4 is 4.74 Å². The van der Waals surface area contributed by atoms with E-state index >= 15 is 0 Å². The van der Waals surface area contributed by atoms with Gasteiger partial charge in [0.1, 0.15) is 11.4 Å². The topological polar surface area (TPSA) is 120 Å². The molecule has 1 fully saturated rings. The van der Waals surface area contributed by atoms with Gasteiger partial charge in [0.05, 0.1) is 26.2 Å². The summed E-state index contributed by atoms with van der Waals surface area (Å²) in [6.07, 6.45) is 0.960. The van der Waals surface area contributed by atoms with Crippen LogP contribution in [0.15, 0.2) is 24.3 Å². The average Bonchev–Trinajstić information content (AvgIpc) is 3.11. The lowest BCUT2D eigenvalue weighted by molar-refractivity contribution is -0.145. The SMILES string of the molecule is COc1cccc(C=C(C(=O)N2CCOC(CC(=O)O)C2)n2nnnc2C)c1. The Morgan fingerprint density at radius 3 is 2.93 bits per heavy atom. The fourth-order valence-electron chi connectivity index (χ4n) is 2.94. The first kappa shape index (κ1) is 19.5. The number of nitrogens with zero attached hydrogens (tertiary/aromatic N) is 5. The second-order valence-corrected chi connectivity index (χ2v) is 6.29. The van der Waals surface area contributed by atoms with E-state index in [9.17, 15) is 9.59 Å². The van der Waals surface area contributed by atoms with E-state index in [1.165, 1.54) is 4.68 Å². The highest BCUT2D eigenvalue weighted by Gasteiger charge is 2.29. The smallest absolute Gasteiger partial charge is 0.306 e. The summed E-state index contributed by atoms with van der Waals surface area (Å²) < 4.78 is 12.1. The number of carbonyl (C=O) groups excluding carboxylic acids is 1. The van der Waals surface area contributed by atoms with E-state index in [0.29, 0.717) is 18.1 Å². The number of carbonyl (C=O) groups is 2. The standard InChI is InChI=1S/C18H21N5O5/c1-12-19-20-21-23(12)16(9-13-4-3-5-14(8-13)27-2)18(26)22-6-7-28-15(11-22)10-17(24)25/h3-5,8-9,15H,6-7,10-11H2,1-2H3,(H,24,25). The van der Waals surface area contributed by atoms with Gasteiger partial charge < -0.3 is 19.5 Å². The van der Waals surface area contributed by atoms with Crippen molar-refractivity contribution in [3.63, 3.8) is 0 Å². The molecule has 10 nitrogen and oxygen atoms in total. The molecule has 0 aliphatic carbocycles. The van der Waals surface area contributed by atoms with Gasteiger partial charge >= 0.3 is 5.97 Å². The molecule has 2 aromatic rings. The molecule has 1 aliphatic rings. The molecule has 28 heavy (non-hydrogen) atoms.